The monoisotopic (exact) mass is 326 g/mol. The number of carbonyl (C=O) groups excluding carboxylic acids is 2. The lowest BCUT2D eigenvalue weighted by molar-refractivity contribution is -0.122. The van der Waals surface area contributed by atoms with Crippen LogP contribution in [0.3, 0.4) is 0 Å². The topological polar surface area (TPSA) is 83.0 Å². The summed E-state index contributed by atoms with van der Waals surface area (Å²) in [5, 5.41) is 5.95. The molecule has 0 aromatic rings. The molecule has 0 aromatic carbocycles. The predicted octanol–water partition coefficient (Wildman–Crippen LogP) is 1.39. The van der Waals surface area contributed by atoms with Gasteiger partial charge in [-0.25, -0.2) is 4.79 Å². The molecule has 0 aliphatic carbocycles. The van der Waals surface area contributed by atoms with Gasteiger partial charge in [0.1, 0.15) is 17.5 Å². The van der Waals surface area contributed by atoms with Gasteiger partial charge in [0.15, 0.2) is 0 Å². The second-order valence-corrected chi connectivity index (χ2v) is 7.24. The molecule has 0 spiro atoms. The minimum atomic E-state index is -0.525. The van der Waals surface area contributed by atoms with E-state index in [1.54, 1.807) is 11.8 Å². The summed E-state index contributed by atoms with van der Waals surface area (Å²) in [4.78, 5) is 30.0. The zero-order chi connectivity index (χ0) is 17.6. The average Bonchev–Trinajstić information content (AvgIpc) is 2.43. The number of hydrogen-bond acceptors (Lipinski definition) is 5. The highest BCUT2D eigenvalue weighted by molar-refractivity contribution is 5.92. The van der Waals surface area contributed by atoms with Crippen LogP contribution in [0.1, 0.15) is 41.5 Å². The Balaban J connectivity index is 2.50. The Kier molecular flexibility index (Phi) is 6.84. The molecule has 2 amide bonds. The van der Waals surface area contributed by atoms with E-state index in [1.165, 1.54) is 0 Å². The van der Waals surface area contributed by atoms with E-state index in [9.17, 15) is 9.59 Å². The van der Waals surface area contributed by atoms with Crippen LogP contribution in [-0.2, 0) is 9.53 Å². The SMILES string of the molecule is CC(C)CNC(=O)C(C)NC1=NCCN(C(=O)OC(C)(C)C)C1. The molecule has 7 heteroatoms. The van der Waals surface area contributed by atoms with Crippen molar-refractivity contribution < 1.29 is 14.3 Å². The van der Waals surface area contributed by atoms with Crippen molar-refractivity contribution in [3.8, 4) is 0 Å². The van der Waals surface area contributed by atoms with Crippen LogP contribution in [-0.4, -0.2) is 60.6 Å². The maximum absolute atomic E-state index is 12.1. The van der Waals surface area contributed by atoms with Crippen molar-refractivity contribution in [3.63, 3.8) is 0 Å². The summed E-state index contributed by atoms with van der Waals surface area (Å²) < 4.78 is 5.37. The van der Waals surface area contributed by atoms with Crippen LogP contribution in [0.25, 0.3) is 0 Å². The van der Waals surface area contributed by atoms with Gasteiger partial charge in [0, 0.05) is 13.1 Å². The lowest BCUT2D eigenvalue weighted by Crippen LogP contribution is -2.52. The van der Waals surface area contributed by atoms with Gasteiger partial charge in [-0.3, -0.25) is 14.7 Å². The summed E-state index contributed by atoms with van der Waals surface area (Å²) in [6.07, 6.45) is -0.358. The van der Waals surface area contributed by atoms with Crippen molar-refractivity contribution >= 4 is 17.8 Å². The number of nitrogens with one attached hydrogen (secondary N) is 2. The largest absolute Gasteiger partial charge is 0.444 e. The van der Waals surface area contributed by atoms with Crippen molar-refractivity contribution in [1.29, 1.82) is 0 Å². The third-order valence-corrected chi connectivity index (χ3v) is 3.13. The fraction of sp³-hybridized carbons (Fsp3) is 0.812. The molecule has 0 fully saturated rings. The number of carbonyl (C=O) groups is 2. The van der Waals surface area contributed by atoms with Gasteiger partial charge in [0.05, 0.1) is 13.1 Å². The van der Waals surface area contributed by atoms with E-state index in [4.69, 9.17) is 4.74 Å². The lowest BCUT2D eigenvalue weighted by atomic mass is 10.2. The molecular formula is C16H30N4O3. The summed E-state index contributed by atoms with van der Waals surface area (Å²) in [7, 11) is 0. The van der Waals surface area contributed by atoms with Gasteiger partial charge in [-0.1, -0.05) is 13.8 Å². The fourth-order valence-corrected chi connectivity index (χ4v) is 1.96. The van der Waals surface area contributed by atoms with Crippen LogP contribution in [0.5, 0.6) is 0 Å². The van der Waals surface area contributed by atoms with Crippen LogP contribution < -0.4 is 10.6 Å². The van der Waals surface area contributed by atoms with E-state index in [0.29, 0.717) is 37.9 Å². The molecule has 7 nitrogen and oxygen atoms in total. The summed E-state index contributed by atoms with van der Waals surface area (Å²) in [5.41, 5.74) is -0.525. The minimum Gasteiger partial charge on any atom is -0.444 e. The zero-order valence-corrected chi connectivity index (χ0v) is 15.1. The van der Waals surface area contributed by atoms with Gasteiger partial charge in [-0.15, -0.1) is 0 Å². The van der Waals surface area contributed by atoms with Gasteiger partial charge < -0.3 is 15.4 Å². The first-order chi connectivity index (χ1) is 10.6. The first-order valence-electron chi connectivity index (χ1n) is 8.14. The number of aliphatic imine (C=N–C) groups is 1. The molecule has 0 aromatic heterocycles. The van der Waals surface area contributed by atoms with Crippen molar-refractivity contribution in [3.05, 3.63) is 0 Å². The van der Waals surface area contributed by atoms with E-state index in [2.05, 4.69) is 15.6 Å². The highest BCUT2D eigenvalue weighted by atomic mass is 16.6. The summed E-state index contributed by atoms with van der Waals surface area (Å²) >= 11 is 0. The summed E-state index contributed by atoms with van der Waals surface area (Å²) in [6.45, 7) is 13.4. The van der Waals surface area contributed by atoms with Crippen LogP contribution in [0.15, 0.2) is 4.99 Å². The maximum Gasteiger partial charge on any atom is 0.410 e. The lowest BCUT2D eigenvalue weighted by Gasteiger charge is -2.30. The molecule has 0 bridgehead atoms. The molecule has 1 aliphatic rings. The van der Waals surface area contributed by atoms with Crippen molar-refractivity contribution in [2.45, 2.75) is 53.2 Å². The van der Waals surface area contributed by atoms with Gasteiger partial charge in [0.2, 0.25) is 5.91 Å². The van der Waals surface area contributed by atoms with Gasteiger partial charge in [-0.05, 0) is 33.6 Å². The normalized spacial score (nSPS) is 16.7. The highest BCUT2D eigenvalue weighted by Crippen LogP contribution is 2.11. The second kappa shape index (κ2) is 8.17. The number of amidine groups is 1. The first-order valence-corrected chi connectivity index (χ1v) is 8.14. The van der Waals surface area contributed by atoms with E-state index in [1.807, 2.05) is 34.6 Å². The maximum atomic E-state index is 12.1. The van der Waals surface area contributed by atoms with E-state index in [-0.39, 0.29) is 12.0 Å². The quantitative estimate of drug-likeness (QED) is 0.818. The number of ether oxygens (including phenoxy) is 1. The van der Waals surface area contributed by atoms with Crippen LogP contribution >= 0.6 is 0 Å². The Morgan fingerprint density at radius 2 is 1.96 bits per heavy atom. The number of amides is 2. The Morgan fingerprint density at radius 3 is 2.52 bits per heavy atom. The first kappa shape index (κ1) is 19.3. The molecule has 132 valence electrons. The molecule has 0 radical (unpaired) electrons. The van der Waals surface area contributed by atoms with E-state index < -0.39 is 11.6 Å². The van der Waals surface area contributed by atoms with Gasteiger partial charge in [0.25, 0.3) is 0 Å². The van der Waals surface area contributed by atoms with Crippen molar-refractivity contribution in [2.24, 2.45) is 10.9 Å². The number of rotatable bonds is 4. The molecule has 1 unspecified atom stereocenters. The Bertz CT molecular complexity index is 455. The molecule has 2 N–H and O–H groups in total. The summed E-state index contributed by atoms with van der Waals surface area (Å²) in [6, 6.07) is -0.397. The third kappa shape index (κ3) is 7.34. The second-order valence-electron chi connectivity index (χ2n) is 7.24. The van der Waals surface area contributed by atoms with Crippen LogP contribution in [0.2, 0.25) is 0 Å². The molecule has 23 heavy (non-hydrogen) atoms. The molecule has 1 heterocycles. The molecule has 0 saturated carbocycles. The third-order valence-electron chi connectivity index (χ3n) is 3.13. The Hall–Kier alpha value is -1.79. The van der Waals surface area contributed by atoms with Crippen molar-refractivity contribution in [1.82, 2.24) is 15.5 Å². The average molecular weight is 326 g/mol. The van der Waals surface area contributed by atoms with Gasteiger partial charge >= 0.3 is 6.09 Å². The van der Waals surface area contributed by atoms with Crippen LogP contribution in [0.4, 0.5) is 4.79 Å². The zero-order valence-electron chi connectivity index (χ0n) is 15.1. The Labute approximate surface area is 138 Å². The minimum absolute atomic E-state index is 0.0733. The predicted molar refractivity (Wildman–Crippen MR) is 90.6 cm³/mol. The summed E-state index contributed by atoms with van der Waals surface area (Å²) in [5.74, 6) is 0.964. The molecule has 1 aliphatic heterocycles. The van der Waals surface area contributed by atoms with E-state index in [0.717, 1.165) is 0 Å². The standard InChI is InChI=1S/C16H30N4O3/c1-11(2)9-18-14(21)12(3)19-13-10-20(8-7-17-13)15(22)23-16(4,5)6/h11-12H,7-10H2,1-6H3,(H,17,19)(H,18,21). The highest BCUT2D eigenvalue weighted by Gasteiger charge is 2.26. The fourth-order valence-electron chi connectivity index (χ4n) is 1.96. The smallest absolute Gasteiger partial charge is 0.410 e. The van der Waals surface area contributed by atoms with Gasteiger partial charge in [-0.2, -0.15) is 0 Å². The molecule has 1 atom stereocenters. The van der Waals surface area contributed by atoms with E-state index >= 15 is 0 Å². The molecular weight excluding hydrogens is 296 g/mol. The Morgan fingerprint density at radius 1 is 1.30 bits per heavy atom. The number of hydrogen-bond donors (Lipinski definition) is 2. The van der Waals surface area contributed by atoms with Crippen LogP contribution in [0, 0.1) is 5.92 Å². The molecule has 0 saturated heterocycles. The van der Waals surface area contributed by atoms with Crippen molar-refractivity contribution in [2.75, 3.05) is 26.2 Å². The molecule has 1 rings (SSSR count). The number of nitrogens with zero attached hydrogens (tertiary/aromatic N) is 2.